The number of nitrogens with one attached hydrogen (secondary N) is 3. The lowest BCUT2D eigenvalue weighted by atomic mass is 10.1. The van der Waals surface area contributed by atoms with Gasteiger partial charge in [-0.25, -0.2) is 9.18 Å². The summed E-state index contributed by atoms with van der Waals surface area (Å²) in [4.78, 5) is 26.8. The van der Waals surface area contributed by atoms with E-state index in [-0.39, 0.29) is 24.3 Å². The highest BCUT2D eigenvalue weighted by Gasteiger charge is 2.23. The van der Waals surface area contributed by atoms with Gasteiger partial charge >= 0.3 is 6.03 Å². The molecule has 2 rings (SSSR count). The van der Waals surface area contributed by atoms with Crippen molar-refractivity contribution in [2.75, 3.05) is 20.6 Å². The van der Waals surface area contributed by atoms with Gasteiger partial charge in [0.2, 0.25) is 5.91 Å². The van der Waals surface area contributed by atoms with E-state index in [1.165, 1.54) is 12.1 Å². The smallest absolute Gasteiger partial charge is 0.315 e. The molecule has 1 aromatic heterocycles. The average molecular weight is 404 g/mol. The number of hydrogen-bond donors (Lipinski definition) is 3. The van der Waals surface area contributed by atoms with E-state index < -0.39 is 12.1 Å². The van der Waals surface area contributed by atoms with E-state index in [1.54, 1.807) is 24.5 Å². The van der Waals surface area contributed by atoms with Crippen LogP contribution in [-0.4, -0.2) is 43.5 Å². The minimum Gasteiger partial charge on any atom is -0.468 e. The van der Waals surface area contributed by atoms with Crippen molar-refractivity contribution >= 4 is 11.9 Å². The molecule has 0 saturated carbocycles. The van der Waals surface area contributed by atoms with Gasteiger partial charge in [-0.2, -0.15) is 0 Å². The molecular weight excluding hydrogens is 375 g/mol. The Morgan fingerprint density at radius 1 is 1.14 bits per heavy atom. The van der Waals surface area contributed by atoms with E-state index in [4.69, 9.17) is 4.42 Å². The third-order valence-corrected chi connectivity index (χ3v) is 4.53. The molecule has 0 saturated heterocycles. The van der Waals surface area contributed by atoms with Crippen LogP contribution in [0.3, 0.4) is 0 Å². The van der Waals surface area contributed by atoms with Crippen LogP contribution in [0.25, 0.3) is 0 Å². The number of benzene rings is 1. The third kappa shape index (κ3) is 7.23. The molecule has 1 heterocycles. The monoisotopic (exact) mass is 404 g/mol. The van der Waals surface area contributed by atoms with E-state index in [0.29, 0.717) is 13.0 Å². The molecule has 7 nitrogen and oxygen atoms in total. The van der Waals surface area contributed by atoms with Gasteiger partial charge < -0.3 is 20.4 Å². The molecule has 1 aromatic carbocycles. The van der Waals surface area contributed by atoms with Crippen LogP contribution in [0.2, 0.25) is 0 Å². The zero-order valence-electron chi connectivity index (χ0n) is 17.1. The molecule has 0 spiro atoms. The highest BCUT2D eigenvalue weighted by atomic mass is 19.1. The van der Waals surface area contributed by atoms with Crippen LogP contribution in [0.5, 0.6) is 0 Å². The lowest BCUT2D eigenvalue weighted by molar-refractivity contribution is -0.123. The summed E-state index contributed by atoms with van der Waals surface area (Å²) in [5, 5.41) is 8.30. The van der Waals surface area contributed by atoms with E-state index >= 15 is 0 Å². The van der Waals surface area contributed by atoms with Crippen molar-refractivity contribution in [2.45, 2.75) is 38.4 Å². The molecule has 0 aliphatic heterocycles. The molecule has 0 radical (unpaired) electrons. The lowest BCUT2D eigenvalue weighted by Crippen LogP contribution is -2.50. The minimum atomic E-state index is -0.646. The van der Waals surface area contributed by atoms with Gasteiger partial charge in [-0.05, 0) is 50.3 Å². The molecule has 3 amide bonds. The molecule has 2 atom stereocenters. The number of urea groups is 1. The average Bonchev–Trinajstić information content (AvgIpc) is 3.21. The second kappa shape index (κ2) is 11.2. The summed E-state index contributed by atoms with van der Waals surface area (Å²) in [7, 11) is 3.81. The third-order valence-electron chi connectivity index (χ3n) is 4.53. The fourth-order valence-electron chi connectivity index (χ4n) is 2.89. The van der Waals surface area contributed by atoms with Crippen molar-refractivity contribution in [3.05, 3.63) is 59.8 Å². The molecule has 0 fully saturated rings. The van der Waals surface area contributed by atoms with Crippen LogP contribution < -0.4 is 16.0 Å². The Morgan fingerprint density at radius 3 is 2.45 bits per heavy atom. The Kier molecular flexibility index (Phi) is 8.67. The number of halogens is 1. The first kappa shape index (κ1) is 22.4. The summed E-state index contributed by atoms with van der Waals surface area (Å²) < 4.78 is 18.4. The molecular formula is C21H29FN4O3. The van der Waals surface area contributed by atoms with E-state index in [1.807, 2.05) is 32.0 Å². The van der Waals surface area contributed by atoms with Crippen LogP contribution in [0, 0.1) is 5.82 Å². The number of carbonyl (C=O) groups is 2. The Labute approximate surface area is 170 Å². The van der Waals surface area contributed by atoms with Crippen LogP contribution in [0.15, 0.2) is 47.1 Å². The zero-order valence-corrected chi connectivity index (χ0v) is 17.1. The molecule has 3 N–H and O–H groups in total. The van der Waals surface area contributed by atoms with Crippen LogP contribution in [0.4, 0.5) is 9.18 Å². The predicted octanol–water partition coefficient (Wildman–Crippen LogP) is 2.81. The fraction of sp³-hybridized carbons (Fsp3) is 0.429. The highest BCUT2D eigenvalue weighted by molar-refractivity contribution is 5.87. The number of likely N-dealkylation sites (N-methyl/N-ethyl adjacent to an activating group) is 1. The summed E-state index contributed by atoms with van der Waals surface area (Å²) in [5.74, 6) is 0.179. The van der Waals surface area contributed by atoms with Gasteiger partial charge in [0.25, 0.3) is 0 Å². The van der Waals surface area contributed by atoms with E-state index in [2.05, 4.69) is 16.0 Å². The van der Waals surface area contributed by atoms with Crippen LogP contribution in [-0.2, 0) is 11.3 Å². The Morgan fingerprint density at radius 2 is 1.86 bits per heavy atom. The maximum absolute atomic E-state index is 12.9. The number of rotatable bonds is 10. The Balaban J connectivity index is 1.87. The second-order valence-electron chi connectivity index (χ2n) is 7.03. The first-order valence-electron chi connectivity index (χ1n) is 9.67. The van der Waals surface area contributed by atoms with Crippen molar-refractivity contribution < 1.29 is 18.4 Å². The molecule has 0 aliphatic carbocycles. The molecule has 0 bridgehead atoms. The summed E-state index contributed by atoms with van der Waals surface area (Å²) in [6.07, 6.45) is 2.86. The van der Waals surface area contributed by atoms with Gasteiger partial charge in [0.1, 0.15) is 17.6 Å². The summed E-state index contributed by atoms with van der Waals surface area (Å²) >= 11 is 0. The zero-order chi connectivity index (χ0) is 21.2. The lowest BCUT2D eigenvalue weighted by Gasteiger charge is -2.24. The number of nitrogens with zero attached hydrogens (tertiary/aromatic N) is 1. The molecule has 29 heavy (non-hydrogen) atoms. The standard InChI is InChI=1S/C21H29FN4O3/c1-4-6-17(25-21(28)24-13-15-8-10-16(22)11-9-15)20(27)23-14-18(26(2)3)19-7-5-12-29-19/h5,7-12,17-18H,4,6,13-14H2,1-3H3,(H,23,27)(H2,24,25,28). The van der Waals surface area contributed by atoms with Crippen molar-refractivity contribution in [1.82, 2.24) is 20.9 Å². The van der Waals surface area contributed by atoms with Gasteiger partial charge in [0.15, 0.2) is 0 Å². The largest absolute Gasteiger partial charge is 0.468 e. The second-order valence-corrected chi connectivity index (χ2v) is 7.03. The van der Waals surface area contributed by atoms with Crippen LogP contribution >= 0.6 is 0 Å². The van der Waals surface area contributed by atoms with Crippen molar-refractivity contribution in [3.8, 4) is 0 Å². The normalized spacial score (nSPS) is 13.0. The number of amides is 3. The molecule has 8 heteroatoms. The molecule has 0 aliphatic rings. The van der Waals surface area contributed by atoms with E-state index in [0.717, 1.165) is 17.7 Å². The SMILES string of the molecule is CCCC(NC(=O)NCc1ccc(F)cc1)C(=O)NCC(c1ccco1)N(C)C. The quantitative estimate of drug-likeness (QED) is 0.568. The number of furan rings is 1. The predicted molar refractivity (Wildman–Crippen MR) is 109 cm³/mol. The topological polar surface area (TPSA) is 86.6 Å². The summed E-state index contributed by atoms with van der Waals surface area (Å²) in [6, 6.07) is 8.34. The molecule has 2 aromatic rings. The summed E-state index contributed by atoms with van der Waals surface area (Å²) in [6.45, 7) is 2.55. The van der Waals surface area contributed by atoms with Gasteiger partial charge in [-0.1, -0.05) is 25.5 Å². The Bertz CT molecular complexity index is 763. The van der Waals surface area contributed by atoms with Gasteiger partial charge in [0.05, 0.1) is 12.3 Å². The highest BCUT2D eigenvalue weighted by Crippen LogP contribution is 2.17. The van der Waals surface area contributed by atoms with Gasteiger partial charge in [-0.15, -0.1) is 0 Å². The molecule has 158 valence electrons. The molecule has 2 unspecified atom stereocenters. The first-order chi connectivity index (χ1) is 13.9. The number of hydrogen-bond acceptors (Lipinski definition) is 4. The maximum atomic E-state index is 12.9. The van der Waals surface area contributed by atoms with Crippen molar-refractivity contribution in [2.24, 2.45) is 0 Å². The van der Waals surface area contributed by atoms with Crippen molar-refractivity contribution in [3.63, 3.8) is 0 Å². The Hall–Kier alpha value is -2.87. The number of carbonyl (C=O) groups excluding carboxylic acids is 2. The summed E-state index contributed by atoms with van der Waals surface area (Å²) in [5.41, 5.74) is 0.769. The van der Waals surface area contributed by atoms with Gasteiger partial charge in [0, 0.05) is 13.1 Å². The van der Waals surface area contributed by atoms with Crippen molar-refractivity contribution in [1.29, 1.82) is 0 Å². The van der Waals surface area contributed by atoms with E-state index in [9.17, 15) is 14.0 Å². The van der Waals surface area contributed by atoms with Gasteiger partial charge in [-0.3, -0.25) is 9.69 Å². The fourth-order valence-corrected chi connectivity index (χ4v) is 2.89. The first-order valence-corrected chi connectivity index (χ1v) is 9.67. The maximum Gasteiger partial charge on any atom is 0.315 e. The minimum absolute atomic E-state index is 0.108. The van der Waals surface area contributed by atoms with Crippen LogP contribution in [0.1, 0.15) is 37.1 Å².